The summed E-state index contributed by atoms with van der Waals surface area (Å²) in [7, 11) is 0. The van der Waals surface area contributed by atoms with E-state index in [4.69, 9.17) is 0 Å². The van der Waals surface area contributed by atoms with Crippen LogP contribution in [0.5, 0.6) is 0 Å². The number of piperidine rings is 1. The molecular formula is C17H23ClN4O2. The normalized spacial score (nSPS) is 21.4. The molecule has 3 aliphatic rings. The molecule has 3 amide bonds. The Morgan fingerprint density at radius 3 is 2.50 bits per heavy atom. The van der Waals surface area contributed by atoms with Gasteiger partial charge in [0.05, 0.1) is 5.92 Å². The summed E-state index contributed by atoms with van der Waals surface area (Å²) in [6.45, 7) is 3.79. The number of hydrogen-bond acceptors (Lipinski definition) is 3. The Balaban J connectivity index is 0.00000169. The van der Waals surface area contributed by atoms with Crippen molar-refractivity contribution in [2.24, 2.45) is 5.92 Å². The number of carbonyl (C=O) groups is 2. The first-order valence-electron chi connectivity index (χ1n) is 8.37. The third kappa shape index (κ3) is 3.08. The second-order valence-electron chi connectivity index (χ2n) is 6.63. The summed E-state index contributed by atoms with van der Waals surface area (Å²) in [6.07, 6.45) is 1.73. The SMILES string of the molecule is Cl.O=C(C1CNC1)N1CCC(N2Cc3ccccc3NC2=O)CC1. The predicted molar refractivity (Wildman–Crippen MR) is 94.2 cm³/mol. The Bertz CT molecular complexity index is 627. The molecule has 24 heavy (non-hydrogen) atoms. The van der Waals surface area contributed by atoms with Crippen molar-refractivity contribution in [1.82, 2.24) is 15.1 Å². The van der Waals surface area contributed by atoms with Gasteiger partial charge in [-0.25, -0.2) is 4.79 Å². The Hall–Kier alpha value is -1.79. The van der Waals surface area contributed by atoms with Gasteiger partial charge in [0.15, 0.2) is 0 Å². The van der Waals surface area contributed by atoms with Gasteiger partial charge in [0.2, 0.25) is 5.91 Å². The number of halogens is 1. The molecule has 2 saturated heterocycles. The van der Waals surface area contributed by atoms with Gasteiger partial charge in [-0.2, -0.15) is 0 Å². The van der Waals surface area contributed by atoms with E-state index in [1.54, 1.807) is 0 Å². The zero-order chi connectivity index (χ0) is 15.8. The number of rotatable bonds is 2. The number of anilines is 1. The zero-order valence-electron chi connectivity index (χ0n) is 13.5. The molecule has 130 valence electrons. The fourth-order valence-electron chi connectivity index (χ4n) is 3.64. The molecule has 0 aliphatic carbocycles. The molecule has 2 fully saturated rings. The predicted octanol–water partition coefficient (Wildman–Crippen LogP) is 1.67. The number of benzene rings is 1. The summed E-state index contributed by atoms with van der Waals surface area (Å²) in [5.74, 6) is 0.437. The van der Waals surface area contributed by atoms with E-state index >= 15 is 0 Å². The lowest BCUT2D eigenvalue weighted by Gasteiger charge is -2.42. The first kappa shape index (κ1) is 17.0. The molecule has 3 aliphatic heterocycles. The zero-order valence-corrected chi connectivity index (χ0v) is 14.3. The van der Waals surface area contributed by atoms with E-state index in [1.807, 2.05) is 28.0 Å². The highest BCUT2D eigenvalue weighted by Crippen LogP contribution is 2.28. The van der Waals surface area contributed by atoms with Gasteiger partial charge in [-0.1, -0.05) is 18.2 Å². The van der Waals surface area contributed by atoms with Gasteiger partial charge in [0.25, 0.3) is 0 Å². The third-order valence-electron chi connectivity index (χ3n) is 5.21. The van der Waals surface area contributed by atoms with E-state index in [9.17, 15) is 9.59 Å². The molecule has 6 nitrogen and oxygen atoms in total. The molecular weight excluding hydrogens is 328 g/mol. The van der Waals surface area contributed by atoms with Crippen LogP contribution in [0.4, 0.5) is 10.5 Å². The number of nitrogens with one attached hydrogen (secondary N) is 2. The number of nitrogens with zero attached hydrogens (tertiary/aromatic N) is 2. The number of likely N-dealkylation sites (tertiary alicyclic amines) is 1. The summed E-state index contributed by atoms with van der Waals surface area (Å²) in [5, 5.41) is 6.12. The van der Waals surface area contributed by atoms with Crippen LogP contribution in [0.2, 0.25) is 0 Å². The highest BCUT2D eigenvalue weighted by molar-refractivity contribution is 5.92. The molecule has 4 rings (SSSR count). The molecule has 0 aromatic heterocycles. The van der Waals surface area contributed by atoms with Crippen molar-refractivity contribution in [1.29, 1.82) is 0 Å². The Morgan fingerprint density at radius 1 is 1.12 bits per heavy atom. The van der Waals surface area contributed by atoms with Crippen molar-refractivity contribution >= 4 is 30.0 Å². The van der Waals surface area contributed by atoms with Crippen molar-refractivity contribution in [3.63, 3.8) is 0 Å². The number of urea groups is 1. The Kier molecular flexibility index (Phi) is 4.96. The van der Waals surface area contributed by atoms with Crippen LogP contribution < -0.4 is 10.6 Å². The number of carbonyl (C=O) groups excluding carboxylic acids is 2. The highest BCUT2D eigenvalue weighted by Gasteiger charge is 2.35. The molecule has 7 heteroatoms. The molecule has 1 aromatic carbocycles. The van der Waals surface area contributed by atoms with E-state index < -0.39 is 0 Å². The number of amides is 3. The molecule has 0 spiro atoms. The summed E-state index contributed by atoms with van der Waals surface area (Å²) < 4.78 is 0. The fourth-order valence-corrected chi connectivity index (χ4v) is 3.64. The number of hydrogen-bond donors (Lipinski definition) is 2. The van der Waals surface area contributed by atoms with Gasteiger partial charge in [0, 0.05) is 44.5 Å². The van der Waals surface area contributed by atoms with Crippen LogP contribution in [0.1, 0.15) is 18.4 Å². The molecule has 3 heterocycles. The molecule has 0 saturated carbocycles. The monoisotopic (exact) mass is 350 g/mol. The maximum absolute atomic E-state index is 12.4. The Labute approximate surface area is 148 Å². The molecule has 2 N–H and O–H groups in total. The first-order valence-corrected chi connectivity index (χ1v) is 8.37. The minimum absolute atomic E-state index is 0. The summed E-state index contributed by atoms with van der Waals surface area (Å²) in [4.78, 5) is 28.5. The van der Waals surface area contributed by atoms with Crippen LogP contribution in [0.15, 0.2) is 24.3 Å². The van der Waals surface area contributed by atoms with Crippen molar-refractivity contribution < 1.29 is 9.59 Å². The average molecular weight is 351 g/mol. The summed E-state index contributed by atoms with van der Waals surface area (Å²) in [5.41, 5.74) is 2.07. The lowest BCUT2D eigenvalue weighted by atomic mass is 9.97. The van der Waals surface area contributed by atoms with E-state index in [0.29, 0.717) is 6.54 Å². The van der Waals surface area contributed by atoms with Crippen molar-refractivity contribution in [2.45, 2.75) is 25.4 Å². The minimum Gasteiger partial charge on any atom is -0.342 e. The maximum atomic E-state index is 12.4. The lowest BCUT2D eigenvalue weighted by Crippen LogP contribution is -2.56. The summed E-state index contributed by atoms with van der Waals surface area (Å²) >= 11 is 0. The van der Waals surface area contributed by atoms with Gasteiger partial charge in [-0.05, 0) is 24.5 Å². The second-order valence-corrected chi connectivity index (χ2v) is 6.63. The van der Waals surface area contributed by atoms with Crippen LogP contribution in [-0.4, -0.2) is 54.0 Å². The van der Waals surface area contributed by atoms with Crippen LogP contribution in [-0.2, 0) is 11.3 Å². The molecule has 1 aromatic rings. The first-order chi connectivity index (χ1) is 11.2. The smallest absolute Gasteiger partial charge is 0.322 e. The minimum atomic E-state index is -0.0170. The molecule has 0 radical (unpaired) electrons. The van der Waals surface area contributed by atoms with Gasteiger partial charge >= 0.3 is 6.03 Å². The highest BCUT2D eigenvalue weighted by atomic mass is 35.5. The van der Waals surface area contributed by atoms with E-state index in [2.05, 4.69) is 16.7 Å². The van der Waals surface area contributed by atoms with Crippen LogP contribution in [0, 0.1) is 5.92 Å². The van der Waals surface area contributed by atoms with Crippen LogP contribution in [0.3, 0.4) is 0 Å². The van der Waals surface area contributed by atoms with Crippen molar-refractivity contribution in [3.8, 4) is 0 Å². The quantitative estimate of drug-likeness (QED) is 0.852. The molecule has 0 bridgehead atoms. The van der Waals surface area contributed by atoms with Gasteiger partial charge < -0.3 is 20.4 Å². The molecule has 0 atom stereocenters. The standard InChI is InChI=1S/C17H22N4O2.ClH/c22-16(13-9-18-10-13)20-7-5-14(6-8-20)21-11-12-3-1-2-4-15(12)19-17(21)23;/h1-4,13-14,18H,5-11H2,(H,19,23);1H. The summed E-state index contributed by atoms with van der Waals surface area (Å²) in [6, 6.07) is 8.14. The second kappa shape index (κ2) is 6.99. The lowest BCUT2D eigenvalue weighted by molar-refractivity contribution is -0.138. The van der Waals surface area contributed by atoms with Gasteiger partial charge in [-0.15, -0.1) is 12.4 Å². The van der Waals surface area contributed by atoms with Gasteiger partial charge in [-0.3, -0.25) is 4.79 Å². The van der Waals surface area contributed by atoms with E-state index in [-0.39, 0.29) is 36.3 Å². The van der Waals surface area contributed by atoms with Gasteiger partial charge in [0.1, 0.15) is 0 Å². The maximum Gasteiger partial charge on any atom is 0.322 e. The van der Waals surface area contributed by atoms with E-state index in [1.165, 1.54) is 0 Å². The Morgan fingerprint density at radius 2 is 1.83 bits per heavy atom. The van der Waals surface area contributed by atoms with Crippen LogP contribution >= 0.6 is 12.4 Å². The van der Waals surface area contributed by atoms with Crippen molar-refractivity contribution in [2.75, 3.05) is 31.5 Å². The topological polar surface area (TPSA) is 64.7 Å². The molecule has 0 unspecified atom stereocenters. The number of fused-ring (bicyclic) bond motifs is 1. The average Bonchev–Trinajstić information content (AvgIpc) is 2.53. The fraction of sp³-hybridized carbons (Fsp3) is 0.529. The number of para-hydroxylation sites is 1. The third-order valence-corrected chi connectivity index (χ3v) is 5.21. The largest absolute Gasteiger partial charge is 0.342 e. The van der Waals surface area contributed by atoms with E-state index in [0.717, 1.165) is 50.3 Å². The van der Waals surface area contributed by atoms with Crippen molar-refractivity contribution in [3.05, 3.63) is 29.8 Å². The van der Waals surface area contributed by atoms with Crippen LogP contribution in [0.25, 0.3) is 0 Å².